The van der Waals surface area contributed by atoms with E-state index in [9.17, 15) is 9.59 Å². The van der Waals surface area contributed by atoms with Gasteiger partial charge in [-0.05, 0) is 41.5 Å². The van der Waals surface area contributed by atoms with E-state index >= 15 is 0 Å². The average Bonchev–Trinajstić information content (AvgIpc) is 3.28. The monoisotopic (exact) mass is 448 g/mol. The maximum absolute atomic E-state index is 13.2. The van der Waals surface area contributed by atoms with Gasteiger partial charge in [0.15, 0.2) is 0 Å². The minimum atomic E-state index is -0.383. The quantitative estimate of drug-likeness (QED) is 0.603. The fourth-order valence-electron chi connectivity index (χ4n) is 4.21. The second-order valence-corrected chi connectivity index (χ2v) is 8.31. The largest absolute Gasteiger partial charge is 0.496 e. The van der Waals surface area contributed by atoms with Crippen LogP contribution in [0, 0.1) is 5.92 Å². The first-order valence-corrected chi connectivity index (χ1v) is 10.9. The smallest absolute Gasteiger partial charge is 0.253 e. The summed E-state index contributed by atoms with van der Waals surface area (Å²) in [6.45, 7) is 1.22. The molecular formula is C26H25ClN2O3. The third-order valence-electron chi connectivity index (χ3n) is 5.88. The molecule has 0 aliphatic carbocycles. The summed E-state index contributed by atoms with van der Waals surface area (Å²) in [5.41, 5.74) is 2.52. The zero-order valence-electron chi connectivity index (χ0n) is 17.8. The van der Waals surface area contributed by atoms with E-state index in [-0.39, 0.29) is 23.7 Å². The maximum atomic E-state index is 13.2. The number of carbonyl (C=O) groups is 2. The summed E-state index contributed by atoms with van der Waals surface area (Å²) in [7, 11) is 1.62. The topological polar surface area (TPSA) is 58.6 Å². The Morgan fingerprint density at radius 3 is 2.38 bits per heavy atom. The summed E-state index contributed by atoms with van der Waals surface area (Å²) in [6, 6.07) is 24.3. The number of rotatable bonds is 6. The van der Waals surface area contributed by atoms with Gasteiger partial charge in [0.2, 0.25) is 5.91 Å². The first kappa shape index (κ1) is 21.9. The highest BCUT2D eigenvalue weighted by atomic mass is 35.5. The molecule has 0 unspecified atom stereocenters. The molecule has 1 aliphatic heterocycles. The van der Waals surface area contributed by atoms with E-state index < -0.39 is 0 Å². The van der Waals surface area contributed by atoms with Crippen LogP contribution in [0.15, 0.2) is 78.9 Å². The molecule has 3 aromatic rings. The number of nitrogens with zero attached hydrogens (tertiary/aromatic N) is 1. The first-order valence-electron chi connectivity index (χ1n) is 10.6. The Labute approximate surface area is 193 Å². The normalized spacial score (nSPS) is 17.8. The van der Waals surface area contributed by atoms with Crippen LogP contribution in [0.1, 0.15) is 27.4 Å². The molecule has 1 N–H and O–H groups in total. The molecule has 1 aliphatic rings. The Bertz CT molecular complexity index is 1090. The van der Waals surface area contributed by atoms with Gasteiger partial charge in [0.1, 0.15) is 5.75 Å². The summed E-state index contributed by atoms with van der Waals surface area (Å²) in [5.74, 6) is -0.0142. The molecule has 5 nitrogen and oxygen atoms in total. The number of amides is 2. The van der Waals surface area contributed by atoms with E-state index in [1.807, 2.05) is 54.6 Å². The lowest BCUT2D eigenvalue weighted by Crippen LogP contribution is -2.35. The molecule has 2 amide bonds. The lowest BCUT2D eigenvalue weighted by molar-refractivity contribution is -0.125. The summed E-state index contributed by atoms with van der Waals surface area (Å²) >= 11 is 5.97. The Balaban J connectivity index is 1.58. The second kappa shape index (κ2) is 9.88. The molecule has 0 aromatic heterocycles. The maximum Gasteiger partial charge on any atom is 0.253 e. The van der Waals surface area contributed by atoms with Gasteiger partial charge in [0, 0.05) is 36.1 Å². The van der Waals surface area contributed by atoms with Gasteiger partial charge in [0.05, 0.1) is 13.0 Å². The highest BCUT2D eigenvalue weighted by Crippen LogP contribution is 2.38. The lowest BCUT2D eigenvalue weighted by atomic mass is 9.87. The summed E-state index contributed by atoms with van der Waals surface area (Å²) in [4.78, 5) is 28.1. The average molecular weight is 449 g/mol. The predicted molar refractivity (Wildman–Crippen MR) is 125 cm³/mol. The number of nitrogens with one attached hydrogen (secondary N) is 1. The highest BCUT2D eigenvalue weighted by molar-refractivity contribution is 6.30. The zero-order valence-corrected chi connectivity index (χ0v) is 18.6. The van der Waals surface area contributed by atoms with E-state index in [1.54, 1.807) is 36.3 Å². The van der Waals surface area contributed by atoms with Crippen molar-refractivity contribution in [1.29, 1.82) is 0 Å². The van der Waals surface area contributed by atoms with Gasteiger partial charge in [-0.1, -0.05) is 60.1 Å². The number of hydrogen-bond donors (Lipinski definition) is 1. The van der Waals surface area contributed by atoms with Crippen LogP contribution in [0.5, 0.6) is 5.75 Å². The van der Waals surface area contributed by atoms with E-state index in [0.29, 0.717) is 30.2 Å². The van der Waals surface area contributed by atoms with Crippen LogP contribution in [-0.4, -0.2) is 36.9 Å². The number of halogens is 1. The van der Waals surface area contributed by atoms with Crippen LogP contribution in [0.25, 0.3) is 0 Å². The molecule has 1 saturated heterocycles. The zero-order chi connectivity index (χ0) is 22.5. The molecule has 3 aromatic carbocycles. The Morgan fingerprint density at radius 2 is 1.66 bits per heavy atom. The van der Waals surface area contributed by atoms with Crippen LogP contribution < -0.4 is 10.1 Å². The van der Waals surface area contributed by atoms with Crippen molar-refractivity contribution in [2.45, 2.75) is 12.5 Å². The fraction of sp³-hybridized carbons (Fsp3) is 0.231. The van der Waals surface area contributed by atoms with Gasteiger partial charge in [-0.15, -0.1) is 0 Å². The Kier molecular flexibility index (Phi) is 6.76. The molecule has 32 heavy (non-hydrogen) atoms. The number of hydrogen-bond acceptors (Lipinski definition) is 3. The molecule has 164 valence electrons. The molecule has 0 saturated carbocycles. The molecule has 0 bridgehead atoms. The summed E-state index contributed by atoms with van der Waals surface area (Å²) < 4.78 is 5.56. The van der Waals surface area contributed by atoms with Gasteiger partial charge < -0.3 is 15.0 Å². The number of ether oxygens (including phenoxy) is 1. The number of carbonyl (C=O) groups excluding carboxylic acids is 2. The molecule has 4 rings (SSSR count). The number of methoxy groups -OCH3 is 1. The molecular weight excluding hydrogens is 424 g/mol. The SMILES string of the molecule is COc1ccccc1[C@@H]1CN(C(=O)c2ccc(Cl)cc2)C[C@@H]1C(=O)NCc1ccccc1. The molecule has 0 spiro atoms. The third kappa shape index (κ3) is 4.78. The molecule has 1 fully saturated rings. The van der Waals surface area contributed by atoms with E-state index in [0.717, 1.165) is 16.9 Å². The van der Waals surface area contributed by atoms with Gasteiger partial charge in [-0.3, -0.25) is 9.59 Å². The summed E-state index contributed by atoms with van der Waals surface area (Å²) in [6.07, 6.45) is 0. The second-order valence-electron chi connectivity index (χ2n) is 7.88. The van der Waals surface area contributed by atoms with Crippen LogP contribution in [0.2, 0.25) is 5.02 Å². The standard InChI is InChI=1S/C26H25ClN2O3/c1-32-24-10-6-5-9-21(24)22-16-29(26(31)19-11-13-20(27)14-12-19)17-23(22)25(30)28-15-18-7-3-2-4-8-18/h2-14,22-23H,15-17H2,1H3,(H,28,30)/t22-,23-/m0/s1. The van der Waals surface area contributed by atoms with Gasteiger partial charge in [-0.25, -0.2) is 0 Å². The molecule has 0 radical (unpaired) electrons. The van der Waals surface area contributed by atoms with E-state index in [4.69, 9.17) is 16.3 Å². The van der Waals surface area contributed by atoms with Gasteiger partial charge >= 0.3 is 0 Å². The van der Waals surface area contributed by atoms with E-state index in [2.05, 4.69) is 5.32 Å². The highest BCUT2D eigenvalue weighted by Gasteiger charge is 2.41. The van der Waals surface area contributed by atoms with Crippen LogP contribution >= 0.6 is 11.6 Å². The van der Waals surface area contributed by atoms with Crippen molar-refractivity contribution in [3.63, 3.8) is 0 Å². The molecule has 2 atom stereocenters. The van der Waals surface area contributed by atoms with Crippen molar-refractivity contribution in [2.75, 3.05) is 20.2 Å². The first-order chi connectivity index (χ1) is 15.6. The van der Waals surface area contributed by atoms with Crippen LogP contribution in [-0.2, 0) is 11.3 Å². The number of benzene rings is 3. The minimum Gasteiger partial charge on any atom is -0.496 e. The number of para-hydroxylation sites is 1. The third-order valence-corrected chi connectivity index (χ3v) is 6.13. The van der Waals surface area contributed by atoms with Gasteiger partial charge in [-0.2, -0.15) is 0 Å². The summed E-state index contributed by atoms with van der Waals surface area (Å²) in [5, 5.41) is 3.63. The van der Waals surface area contributed by atoms with E-state index in [1.165, 1.54) is 0 Å². The lowest BCUT2D eigenvalue weighted by Gasteiger charge is -2.20. The molecule has 1 heterocycles. The van der Waals surface area contributed by atoms with Crippen molar-refractivity contribution in [3.8, 4) is 5.75 Å². The van der Waals surface area contributed by atoms with Crippen LogP contribution in [0.4, 0.5) is 0 Å². The van der Waals surface area contributed by atoms with Gasteiger partial charge in [0.25, 0.3) is 5.91 Å². The Morgan fingerprint density at radius 1 is 0.969 bits per heavy atom. The Hall–Kier alpha value is -3.31. The minimum absolute atomic E-state index is 0.0730. The predicted octanol–water partition coefficient (Wildman–Crippen LogP) is 4.52. The number of likely N-dealkylation sites (tertiary alicyclic amines) is 1. The van der Waals surface area contributed by atoms with Crippen molar-refractivity contribution >= 4 is 23.4 Å². The van der Waals surface area contributed by atoms with Crippen molar-refractivity contribution in [1.82, 2.24) is 10.2 Å². The van der Waals surface area contributed by atoms with Crippen molar-refractivity contribution < 1.29 is 14.3 Å². The van der Waals surface area contributed by atoms with Crippen LogP contribution in [0.3, 0.4) is 0 Å². The fourth-order valence-corrected chi connectivity index (χ4v) is 4.34. The van der Waals surface area contributed by atoms with Crippen molar-refractivity contribution in [3.05, 3.63) is 101 Å². The molecule has 6 heteroatoms. The van der Waals surface area contributed by atoms with Crippen molar-refractivity contribution in [2.24, 2.45) is 5.92 Å².